The number of nitrogens with zero attached hydrogens (tertiary/aromatic N) is 3. The van der Waals surface area contributed by atoms with Crippen LogP contribution in [0, 0.1) is 5.41 Å². The van der Waals surface area contributed by atoms with Gasteiger partial charge in [-0.3, -0.25) is 9.59 Å². The van der Waals surface area contributed by atoms with Crippen LogP contribution in [-0.2, 0) is 16.0 Å². The Morgan fingerprint density at radius 1 is 1.24 bits per heavy atom. The zero-order valence-electron chi connectivity index (χ0n) is 19.3. The van der Waals surface area contributed by atoms with Gasteiger partial charge in [0.15, 0.2) is 0 Å². The zero-order valence-corrected chi connectivity index (χ0v) is 19.3. The Bertz CT molecular complexity index is 1070. The Morgan fingerprint density at radius 3 is 2.76 bits per heavy atom. The lowest BCUT2D eigenvalue weighted by molar-refractivity contribution is -0.128. The van der Waals surface area contributed by atoms with Gasteiger partial charge in [0.1, 0.15) is 17.2 Å². The number of ether oxygens (including phenoxy) is 1. The molecule has 3 heterocycles. The lowest BCUT2D eigenvalue weighted by Gasteiger charge is -2.27. The Balaban J connectivity index is 1.67. The van der Waals surface area contributed by atoms with Crippen molar-refractivity contribution in [3.05, 3.63) is 41.4 Å². The minimum atomic E-state index is -0.417. The normalized spacial score (nSPS) is 20.3. The smallest absolute Gasteiger partial charge is 0.261 e. The Morgan fingerprint density at radius 2 is 2.06 bits per heavy atom. The third kappa shape index (κ3) is 4.92. The molecule has 0 radical (unpaired) electrons. The van der Waals surface area contributed by atoms with E-state index in [4.69, 9.17) is 10.1 Å². The number of hydrogen-bond donors (Lipinski definition) is 3. The number of benzene rings is 1. The minimum absolute atomic E-state index is 0.0706. The third-order valence-electron chi connectivity index (χ3n) is 5.96. The first-order valence-corrected chi connectivity index (χ1v) is 11.2. The van der Waals surface area contributed by atoms with E-state index in [1.165, 1.54) is 0 Å². The lowest BCUT2D eigenvalue weighted by atomic mass is 10.0. The number of carbonyl (C=O) groups is 2. The number of fused-ring (bicyclic) bond motifs is 1. The number of allylic oxidation sites excluding steroid dienone is 1. The molecule has 3 N–H and O–H groups in total. The van der Waals surface area contributed by atoms with Crippen LogP contribution in [0.25, 0.3) is 0 Å². The van der Waals surface area contributed by atoms with E-state index in [1.807, 2.05) is 30.9 Å². The molecule has 1 fully saturated rings. The van der Waals surface area contributed by atoms with E-state index < -0.39 is 5.91 Å². The second kappa shape index (κ2) is 9.09. The predicted octanol–water partition coefficient (Wildman–Crippen LogP) is 2.45. The van der Waals surface area contributed by atoms with Crippen molar-refractivity contribution in [1.29, 1.82) is 5.41 Å². The highest BCUT2D eigenvalue weighted by atomic mass is 16.5. The summed E-state index contributed by atoms with van der Waals surface area (Å²) in [6.45, 7) is 8.41. The van der Waals surface area contributed by atoms with E-state index in [9.17, 15) is 9.59 Å². The SMILES string of the molecule is CC(=O)N1CCCN(c2cc3c(cc2NC(=O)/C(C=N)=C2\N=CC=CN2)CC(C)(C)O3)CC1. The summed E-state index contributed by atoms with van der Waals surface area (Å²) in [6.07, 6.45) is 7.52. The molecule has 174 valence electrons. The van der Waals surface area contributed by atoms with Gasteiger partial charge in [0.05, 0.1) is 16.9 Å². The number of aliphatic imine (C=N–C) groups is 1. The minimum Gasteiger partial charge on any atom is -0.487 e. The highest BCUT2D eigenvalue weighted by Gasteiger charge is 2.32. The molecule has 0 saturated carbocycles. The molecule has 0 aromatic heterocycles. The zero-order chi connectivity index (χ0) is 23.6. The highest BCUT2D eigenvalue weighted by molar-refractivity contribution is 6.18. The summed E-state index contributed by atoms with van der Waals surface area (Å²) < 4.78 is 6.15. The summed E-state index contributed by atoms with van der Waals surface area (Å²) in [5, 5.41) is 13.7. The summed E-state index contributed by atoms with van der Waals surface area (Å²) in [5.74, 6) is 0.791. The second-order valence-corrected chi connectivity index (χ2v) is 9.00. The van der Waals surface area contributed by atoms with Crippen molar-refractivity contribution in [3.63, 3.8) is 0 Å². The van der Waals surface area contributed by atoms with Gasteiger partial charge in [-0.2, -0.15) is 0 Å². The predicted molar refractivity (Wildman–Crippen MR) is 129 cm³/mol. The fraction of sp³-hybridized carbons (Fsp3) is 0.417. The average Bonchev–Trinajstić information content (AvgIpc) is 2.92. The van der Waals surface area contributed by atoms with Crippen LogP contribution in [0.4, 0.5) is 11.4 Å². The molecule has 0 bridgehead atoms. The summed E-state index contributed by atoms with van der Waals surface area (Å²) in [6, 6.07) is 3.95. The largest absolute Gasteiger partial charge is 0.487 e. The van der Waals surface area contributed by atoms with Crippen molar-refractivity contribution in [3.8, 4) is 5.75 Å². The Labute approximate surface area is 193 Å². The number of rotatable bonds is 4. The van der Waals surface area contributed by atoms with Crippen LogP contribution in [0.5, 0.6) is 5.75 Å². The van der Waals surface area contributed by atoms with E-state index in [2.05, 4.69) is 20.5 Å². The molecule has 1 saturated heterocycles. The van der Waals surface area contributed by atoms with Crippen molar-refractivity contribution in [2.75, 3.05) is 36.4 Å². The quantitative estimate of drug-likeness (QED) is 0.482. The maximum Gasteiger partial charge on any atom is 0.261 e. The van der Waals surface area contributed by atoms with Gasteiger partial charge in [0.2, 0.25) is 5.91 Å². The summed E-state index contributed by atoms with van der Waals surface area (Å²) in [7, 11) is 0. The number of nitrogens with one attached hydrogen (secondary N) is 3. The van der Waals surface area contributed by atoms with E-state index in [1.54, 1.807) is 25.4 Å². The number of amides is 2. The molecule has 0 spiro atoms. The fourth-order valence-corrected chi connectivity index (χ4v) is 4.38. The molecule has 33 heavy (non-hydrogen) atoms. The molecule has 0 unspecified atom stereocenters. The van der Waals surface area contributed by atoms with Gasteiger partial charge in [-0.05, 0) is 32.4 Å². The van der Waals surface area contributed by atoms with Crippen LogP contribution in [0.2, 0.25) is 0 Å². The summed E-state index contributed by atoms with van der Waals surface area (Å²) in [5.41, 5.74) is 2.35. The molecule has 3 aliphatic heterocycles. The number of anilines is 2. The molecular weight excluding hydrogens is 420 g/mol. The van der Waals surface area contributed by atoms with E-state index in [0.29, 0.717) is 31.1 Å². The average molecular weight is 451 g/mol. The lowest BCUT2D eigenvalue weighted by Crippen LogP contribution is -2.34. The first-order valence-electron chi connectivity index (χ1n) is 11.2. The van der Waals surface area contributed by atoms with Crippen LogP contribution >= 0.6 is 0 Å². The van der Waals surface area contributed by atoms with E-state index in [0.717, 1.165) is 42.6 Å². The van der Waals surface area contributed by atoms with Gasteiger partial charge < -0.3 is 30.6 Å². The van der Waals surface area contributed by atoms with Crippen molar-refractivity contribution in [1.82, 2.24) is 10.2 Å². The van der Waals surface area contributed by atoms with Gasteiger partial charge in [0, 0.05) is 69.8 Å². The molecule has 1 aromatic carbocycles. The van der Waals surface area contributed by atoms with Crippen molar-refractivity contribution in [2.45, 2.75) is 39.2 Å². The van der Waals surface area contributed by atoms with Crippen LogP contribution < -0.4 is 20.3 Å². The van der Waals surface area contributed by atoms with Crippen LogP contribution in [-0.4, -0.2) is 60.9 Å². The van der Waals surface area contributed by atoms with E-state index in [-0.39, 0.29) is 17.1 Å². The van der Waals surface area contributed by atoms with Gasteiger partial charge in [-0.25, -0.2) is 4.99 Å². The monoisotopic (exact) mass is 450 g/mol. The molecule has 0 atom stereocenters. The Hall–Kier alpha value is -3.62. The maximum atomic E-state index is 13.2. The van der Waals surface area contributed by atoms with Crippen LogP contribution in [0.15, 0.2) is 40.8 Å². The molecule has 9 heteroatoms. The maximum absolute atomic E-state index is 13.2. The van der Waals surface area contributed by atoms with Crippen molar-refractivity contribution < 1.29 is 14.3 Å². The molecule has 3 aliphatic rings. The van der Waals surface area contributed by atoms with Crippen LogP contribution in [0.3, 0.4) is 0 Å². The van der Waals surface area contributed by atoms with Gasteiger partial charge >= 0.3 is 0 Å². The van der Waals surface area contributed by atoms with Crippen molar-refractivity contribution >= 4 is 35.6 Å². The summed E-state index contributed by atoms with van der Waals surface area (Å²) in [4.78, 5) is 33.2. The number of hydrogen-bond acceptors (Lipinski definition) is 7. The molecule has 9 nitrogen and oxygen atoms in total. The standard InChI is InChI=1S/C24H30N6O3/c1-16(31)29-8-5-9-30(11-10-29)20-13-21-17(14-24(2,3)33-21)12-19(20)28-23(32)18(15-25)22-26-6-4-7-27-22/h4,6-7,12-13,15,25-26H,5,8-11,14H2,1-3H3,(H,28,32)/b22-18-,25-15?. The first kappa shape index (κ1) is 22.6. The fourth-order valence-electron chi connectivity index (χ4n) is 4.38. The second-order valence-electron chi connectivity index (χ2n) is 9.00. The third-order valence-corrected chi connectivity index (χ3v) is 5.96. The highest BCUT2D eigenvalue weighted by Crippen LogP contribution is 2.42. The molecular formula is C24H30N6O3. The van der Waals surface area contributed by atoms with Crippen molar-refractivity contribution in [2.24, 2.45) is 4.99 Å². The van der Waals surface area contributed by atoms with Gasteiger partial charge in [-0.15, -0.1) is 0 Å². The molecule has 0 aliphatic carbocycles. The number of carbonyl (C=O) groups excluding carboxylic acids is 2. The van der Waals surface area contributed by atoms with Gasteiger partial charge in [0.25, 0.3) is 5.91 Å². The first-order chi connectivity index (χ1) is 15.8. The Kier molecular flexibility index (Phi) is 6.22. The van der Waals surface area contributed by atoms with Gasteiger partial charge in [-0.1, -0.05) is 0 Å². The molecule has 4 rings (SSSR count). The molecule has 1 aromatic rings. The van der Waals surface area contributed by atoms with Crippen LogP contribution in [0.1, 0.15) is 32.8 Å². The van der Waals surface area contributed by atoms with E-state index >= 15 is 0 Å². The topological polar surface area (TPSA) is 110 Å². The summed E-state index contributed by atoms with van der Waals surface area (Å²) >= 11 is 0. The molecule has 2 amide bonds.